The van der Waals surface area contributed by atoms with Crippen LogP contribution in [-0.4, -0.2) is 13.5 Å². The lowest BCUT2D eigenvalue weighted by Gasteiger charge is -2.11. The average molecular weight is 407 g/mol. The number of phenols is 1. The number of aromatic hydroxyl groups is 1. The number of anilines is 1. The first-order valence-electron chi connectivity index (χ1n) is 5.16. The SMILES string of the molecule is O=S(=O)(Nc1ccc(Br)c(O)c1Br)c1ccccc1. The molecule has 0 aliphatic heterocycles. The molecule has 2 aromatic carbocycles. The van der Waals surface area contributed by atoms with Crippen molar-refractivity contribution in [3.63, 3.8) is 0 Å². The summed E-state index contributed by atoms with van der Waals surface area (Å²) in [6, 6.07) is 11.1. The Bertz CT molecular complexity index is 702. The fourth-order valence-corrected chi connectivity index (χ4v) is 3.69. The normalized spacial score (nSPS) is 11.3. The summed E-state index contributed by atoms with van der Waals surface area (Å²) in [5, 5.41) is 9.73. The summed E-state index contributed by atoms with van der Waals surface area (Å²) in [5.41, 5.74) is 0.268. The molecule has 4 nitrogen and oxygen atoms in total. The van der Waals surface area contributed by atoms with E-state index in [1.165, 1.54) is 12.1 Å². The Balaban J connectivity index is 2.40. The van der Waals surface area contributed by atoms with Gasteiger partial charge in [-0.15, -0.1) is 0 Å². The number of halogens is 2. The summed E-state index contributed by atoms with van der Waals surface area (Å²) < 4.78 is 27.4. The second kappa shape index (κ2) is 5.52. The molecule has 2 N–H and O–H groups in total. The van der Waals surface area contributed by atoms with Crippen molar-refractivity contribution in [2.45, 2.75) is 4.90 Å². The second-order valence-electron chi connectivity index (χ2n) is 3.68. The van der Waals surface area contributed by atoms with Gasteiger partial charge in [-0.05, 0) is 56.1 Å². The zero-order chi connectivity index (χ0) is 14.0. The molecule has 0 heterocycles. The maximum Gasteiger partial charge on any atom is 0.261 e. The second-order valence-corrected chi connectivity index (χ2v) is 7.01. The Morgan fingerprint density at radius 3 is 2.26 bits per heavy atom. The summed E-state index contributed by atoms with van der Waals surface area (Å²) in [6.07, 6.45) is 0. The number of nitrogens with one attached hydrogen (secondary N) is 1. The van der Waals surface area contributed by atoms with Crippen LogP contribution in [0.1, 0.15) is 0 Å². The van der Waals surface area contributed by atoms with Gasteiger partial charge in [-0.25, -0.2) is 8.42 Å². The lowest BCUT2D eigenvalue weighted by Crippen LogP contribution is -2.13. The molecule has 0 bridgehead atoms. The van der Waals surface area contributed by atoms with Crippen LogP contribution < -0.4 is 4.72 Å². The molecule has 0 atom stereocenters. The minimum atomic E-state index is -3.67. The van der Waals surface area contributed by atoms with E-state index < -0.39 is 10.0 Å². The van der Waals surface area contributed by atoms with E-state index in [0.29, 0.717) is 4.47 Å². The van der Waals surface area contributed by atoms with Gasteiger partial charge >= 0.3 is 0 Å². The van der Waals surface area contributed by atoms with Crippen molar-refractivity contribution < 1.29 is 13.5 Å². The van der Waals surface area contributed by atoms with Crippen molar-refractivity contribution in [1.82, 2.24) is 0 Å². The Hall–Kier alpha value is -1.05. The highest BCUT2D eigenvalue weighted by atomic mass is 79.9. The van der Waals surface area contributed by atoms with Crippen LogP contribution >= 0.6 is 31.9 Å². The molecule has 0 fully saturated rings. The predicted octanol–water partition coefficient (Wildman–Crippen LogP) is 3.72. The van der Waals surface area contributed by atoms with Gasteiger partial charge in [0.15, 0.2) is 0 Å². The highest BCUT2D eigenvalue weighted by Crippen LogP contribution is 2.38. The summed E-state index contributed by atoms with van der Waals surface area (Å²) in [4.78, 5) is 0.157. The third-order valence-corrected chi connectivity index (χ3v) is 5.19. The zero-order valence-electron chi connectivity index (χ0n) is 9.47. The lowest BCUT2D eigenvalue weighted by atomic mass is 10.3. The highest BCUT2D eigenvalue weighted by molar-refractivity contribution is 9.11. The molecule has 0 aliphatic rings. The Labute approximate surface area is 127 Å². The molecule has 7 heteroatoms. The van der Waals surface area contributed by atoms with Crippen LogP contribution in [0.25, 0.3) is 0 Å². The molecule has 0 radical (unpaired) electrons. The van der Waals surface area contributed by atoms with Gasteiger partial charge in [0.1, 0.15) is 5.75 Å². The third-order valence-electron chi connectivity index (χ3n) is 2.36. The maximum atomic E-state index is 12.1. The van der Waals surface area contributed by atoms with Crippen LogP contribution in [0.15, 0.2) is 56.3 Å². The van der Waals surface area contributed by atoms with Crippen molar-refractivity contribution in [3.05, 3.63) is 51.4 Å². The smallest absolute Gasteiger partial charge is 0.261 e. The first-order chi connectivity index (χ1) is 8.92. The van der Waals surface area contributed by atoms with Crippen LogP contribution in [-0.2, 0) is 10.0 Å². The zero-order valence-corrected chi connectivity index (χ0v) is 13.5. The number of hydrogen-bond donors (Lipinski definition) is 2. The molecule has 19 heavy (non-hydrogen) atoms. The molecule has 0 unspecified atom stereocenters. The minimum absolute atomic E-state index is 0.0618. The first-order valence-corrected chi connectivity index (χ1v) is 8.23. The Kier molecular flexibility index (Phi) is 4.17. The average Bonchev–Trinajstić information content (AvgIpc) is 2.40. The van der Waals surface area contributed by atoms with Gasteiger partial charge in [0.25, 0.3) is 10.0 Å². The van der Waals surface area contributed by atoms with Gasteiger partial charge in [-0.3, -0.25) is 4.72 Å². The highest BCUT2D eigenvalue weighted by Gasteiger charge is 2.17. The van der Waals surface area contributed by atoms with E-state index in [1.54, 1.807) is 30.3 Å². The molecular weight excluding hydrogens is 398 g/mol. The fraction of sp³-hybridized carbons (Fsp3) is 0. The van der Waals surface area contributed by atoms with Gasteiger partial charge in [0, 0.05) is 0 Å². The fourth-order valence-electron chi connectivity index (χ4n) is 1.42. The van der Waals surface area contributed by atoms with Gasteiger partial charge in [-0.2, -0.15) is 0 Å². The molecule has 100 valence electrons. The molecule has 0 aromatic heterocycles. The van der Waals surface area contributed by atoms with Crippen LogP contribution in [0.2, 0.25) is 0 Å². The summed E-state index contributed by atoms with van der Waals surface area (Å²) in [5.74, 6) is -0.0618. The van der Waals surface area contributed by atoms with Crippen molar-refractivity contribution in [3.8, 4) is 5.75 Å². The van der Waals surface area contributed by atoms with Gasteiger partial charge in [-0.1, -0.05) is 18.2 Å². The molecule has 0 saturated heterocycles. The monoisotopic (exact) mass is 405 g/mol. The van der Waals surface area contributed by atoms with Gasteiger partial charge < -0.3 is 5.11 Å². The molecule has 0 saturated carbocycles. The van der Waals surface area contributed by atoms with E-state index in [4.69, 9.17) is 0 Å². The summed E-state index contributed by atoms with van der Waals surface area (Å²) in [6.45, 7) is 0. The van der Waals surface area contributed by atoms with E-state index in [2.05, 4.69) is 36.6 Å². The van der Waals surface area contributed by atoms with E-state index in [-0.39, 0.29) is 20.8 Å². The minimum Gasteiger partial charge on any atom is -0.505 e. The van der Waals surface area contributed by atoms with Gasteiger partial charge in [0.05, 0.1) is 19.5 Å². The Morgan fingerprint density at radius 2 is 1.63 bits per heavy atom. The van der Waals surface area contributed by atoms with Crippen LogP contribution in [0.4, 0.5) is 5.69 Å². The summed E-state index contributed by atoms with van der Waals surface area (Å²) >= 11 is 6.30. The van der Waals surface area contributed by atoms with Crippen molar-refractivity contribution >= 4 is 47.6 Å². The topological polar surface area (TPSA) is 66.4 Å². The Morgan fingerprint density at radius 1 is 1.00 bits per heavy atom. The number of phenolic OH excluding ortho intramolecular Hbond substituents is 1. The summed E-state index contributed by atoms with van der Waals surface area (Å²) in [7, 11) is -3.67. The lowest BCUT2D eigenvalue weighted by molar-refractivity contribution is 0.469. The quantitative estimate of drug-likeness (QED) is 0.816. The number of rotatable bonds is 3. The molecule has 2 aromatic rings. The number of hydrogen-bond acceptors (Lipinski definition) is 3. The van der Waals surface area contributed by atoms with Crippen molar-refractivity contribution in [1.29, 1.82) is 0 Å². The van der Waals surface area contributed by atoms with Crippen LogP contribution in [0.3, 0.4) is 0 Å². The van der Waals surface area contributed by atoms with E-state index in [9.17, 15) is 13.5 Å². The van der Waals surface area contributed by atoms with Gasteiger partial charge in [0.2, 0.25) is 0 Å². The number of sulfonamides is 1. The number of benzene rings is 2. The molecule has 0 amide bonds. The predicted molar refractivity (Wildman–Crippen MR) is 80.8 cm³/mol. The van der Waals surface area contributed by atoms with E-state index in [1.807, 2.05) is 0 Å². The standard InChI is InChI=1S/C12H9Br2NO3S/c13-9-6-7-10(11(14)12(9)16)15-19(17,18)8-4-2-1-3-5-8/h1-7,15-16H. The molecule has 0 aliphatic carbocycles. The maximum absolute atomic E-state index is 12.1. The van der Waals surface area contributed by atoms with Crippen LogP contribution in [0, 0.1) is 0 Å². The third kappa shape index (κ3) is 3.10. The molecular formula is C12H9Br2NO3S. The van der Waals surface area contributed by atoms with E-state index >= 15 is 0 Å². The van der Waals surface area contributed by atoms with E-state index in [0.717, 1.165) is 0 Å². The molecule has 2 rings (SSSR count). The largest absolute Gasteiger partial charge is 0.505 e. The van der Waals surface area contributed by atoms with Crippen molar-refractivity contribution in [2.75, 3.05) is 4.72 Å². The van der Waals surface area contributed by atoms with Crippen molar-refractivity contribution in [2.24, 2.45) is 0 Å². The first kappa shape index (κ1) is 14.4. The van der Waals surface area contributed by atoms with Crippen LogP contribution in [0.5, 0.6) is 5.75 Å². The molecule has 0 spiro atoms.